The summed E-state index contributed by atoms with van der Waals surface area (Å²) in [5.74, 6) is -0.225. The zero-order valence-corrected chi connectivity index (χ0v) is 13.4. The molecule has 1 fully saturated rings. The number of carboxylic acid groups (broad SMARTS) is 1. The summed E-state index contributed by atoms with van der Waals surface area (Å²) in [6, 6.07) is -0.797. The van der Waals surface area contributed by atoms with E-state index < -0.39 is 12.0 Å². The SMILES string of the molecule is CCc1noc(C)c1C(=O)N1C(C(=O)O)CSC1C(C)C. The molecule has 0 bridgehead atoms. The molecule has 2 atom stereocenters. The van der Waals surface area contributed by atoms with E-state index in [9.17, 15) is 14.7 Å². The topological polar surface area (TPSA) is 83.6 Å². The van der Waals surface area contributed by atoms with Crippen LogP contribution in [0.3, 0.4) is 0 Å². The lowest BCUT2D eigenvalue weighted by Gasteiger charge is -2.29. The minimum atomic E-state index is -0.967. The average molecular weight is 312 g/mol. The Morgan fingerprint density at radius 3 is 2.71 bits per heavy atom. The molecule has 6 nitrogen and oxygen atoms in total. The van der Waals surface area contributed by atoms with Gasteiger partial charge >= 0.3 is 5.97 Å². The molecule has 1 aromatic heterocycles. The van der Waals surface area contributed by atoms with Crippen LogP contribution in [0.1, 0.15) is 42.6 Å². The second kappa shape index (κ2) is 6.09. The normalized spacial score (nSPS) is 22.0. The predicted molar refractivity (Wildman–Crippen MR) is 79.3 cm³/mol. The Bertz CT molecular complexity index is 555. The van der Waals surface area contributed by atoms with Crippen LogP contribution >= 0.6 is 11.8 Å². The second-order valence-electron chi connectivity index (χ2n) is 5.45. The van der Waals surface area contributed by atoms with E-state index >= 15 is 0 Å². The highest BCUT2D eigenvalue weighted by molar-refractivity contribution is 8.00. The van der Waals surface area contributed by atoms with Gasteiger partial charge in [-0.1, -0.05) is 25.9 Å². The lowest BCUT2D eigenvalue weighted by Crippen LogP contribution is -2.47. The van der Waals surface area contributed by atoms with Crippen LogP contribution in [0.2, 0.25) is 0 Å². The third-order valence-corrected chi connectivity index (χ3v) is 5.23. The van der Waals surface area contributed by atoms with Crippen molar-refractivity contribution >= 4 is 23.6 Å². The molecule has 2 heterocycles. The van der Waals surface area contributed by atoms with Crippen LogP contribution in [0.4, 0.5) is 0 Å². The van der Waals surface area contributed by atoms with E-state index in [4.69, 9.17) is 4.52 Å². The number of hydrogen-bond acceptors (Lipinski definition) is 5. The van der Waals surface area contributed by atoms with Gasteiger partial charge in [0.25, 0.3) is 5.91 Å². The number of amides is 1. The average Bonchev–Trinajstić information content (AvgIpc) is 3.01. The molecule has 1 N–H and O–H groups in total. The summed E-state index contributed by atoms with van der Waals surface area (Å²) in [6.45, 7) is 7.55. The Kier molecular flexibility index (Phi) is 4.61. The Balaban J connectivity index is 2.41. The van der Waals surface area contributed by atoms with Gasteiger partial charge in [0.05, 0.1) is 11.1 Å². The maximum Gasteiger partial charge on any atom is 0.327 e. The second-order valence-corrected chi connectivity index (χ2v) is 6.60. The van der Waals surface area contributed by atoms with E-state index in [0.717, 1.165) is 0 Å². The van der Waals surface area contributed by atoms with Crippen molar-refractivity contribution in [1.82, 2.24) is 10.1 Å². The first kappa shape index (κ1) is 15.9. The Morgan fingerprint density at radius 2 is 2.19 bits per heavy atom. The van der Waals surface area contributed by atoms with Gasteiger partial charge in [0.1, 0.15) is 17.4 Å². The molecule has 116 valence electrons. The van der Waals surface area contributed by atoms with Gasteiger partial charge in [-0.05, 0) is 19.3 Å². The molecule has 1 amide bonds. The van der Waals surface area contributed by atoms with E-state index in [1.54, 1.807) is 6.92 Å². The van der Waals surface area contributed by atoms with Crippen molar-refractivity contribution in [2.45, 2.75) is 45.5 Å². The molecule has 1 aliphatic rings. The monoisotopic (exact) mass is 312 g/mol. The minimum Gasteiger partial charge on any atom is -0.480 e. The fourth-order valence-corrected chi connectivity index (χ4v) is 4.02. The summed E-state index contributed by atoms with van der Waals surface area (Å²) in [6.07, 6.45) is 0.573. The molecule has 2 unspecified atom stereocenters. The third-order valence-electron chi connectivity index (χ3n) is 3.61. The van der Waals surface area contributed by atoms with Gasteiger partial charge in [0.2, 0.25) is 0 Å². The van der Waals surface area contributed by atoms with Crippen LogP contribution in [0.25, 0.3) is 0 Å². The summed E-state index contributed by atoms with van der Waals surface area (Å²) >= 11 is 1.51. The van der Waals surface area contributed by atoms with Crippen molar-refractivity contribution in [1.29, 1.82) is 0 Å². The van der Waals surface area contributed by atoms with Gasteiger partial charge in [-0.2, -0.15) is 0 Å². The van der Waals surface area contributed by atoms with Crippen LogP contribution in [-0.2, 0) is 11.2 Å². The van der Waals surface area contributed by atoms with Gasteiger partial charge in [-0.3, -0.25) is 4.79 Å². The Labute approximate surface area is 127 Å². The van der Waals surface area contributed by atoms with Gasteiger partial charge in [-0.15, -0.1) is 11.8 Å². The van der Waals surface area contributed by atoms with Crippen molar-refractivity contribution in [3.05, 3.63) is 17.0 Å². The van der Waals surface area contributed by atoms with E-state index in [1.807, 2.05) is 20.8 Å². The van der Waals surface area contributed by atoms with Gasteiger partial charge in [0, 0.05) is 5.75 Å². The number of aliphatic carboxylic acids is 1. The third kappa shape index (κ3) is 2.79. The predicted octanol–water partition coefficient (Wildman–Crippen LogP) is 2.17. The van der Waals surface area contributed by atoms with Gasteiger partial charge < -0.3 is 14.5 Å². The van der Waals surface area contributed by atoms with Crippen molar-refractivity contribution in [3.63, 3.8) is 0 Å². The standard InChI is InChI=1S/C14H20N2O4S/c1-5-9-11(8(4)20-15-9)12(17)16-10(14(18)19)6-21-13(16)7(2)3/h7,10,13H,5-6H2,1-4H3,(H,18,19). The minimum absolute atomic E-state index is 0.141. The number of hydrogen-bond donors (Lipinski definition) is 1. The number of aromatic nitrogens is 1. The lowest BCUT2D eigenvalue weighted by atomic mass is 10.1. The molecule has 2 rings (SSSR count). The summed E-state index contributed by atoms with van der Waals surface area (Å²) in [5, 5.41) is 13.1. The van der Waals surface area contributed by atoms with Crippen molar-refractivity contribution < 1.29 is 19.2 Å². The highest BCUT2D eigenvalue weighted by Gasteiger charge is 2.44. The quantitative estimate of drug-likeness (QED) is 0.917. The maximum absolute atomic E-state index is 12.9. The molecular weight excluding hydrogens is 292 g/mol. The fraction of sp³-hybridized carbons (Fsp3) is 0.643. The van der Waals surface area contributed by atoms with Gasteiger partial charge in [0.15, 0.2) is 0 Å². The van der Waals surface area contributed by atoms with E-state index in [2.05, 4.69) is 5.16 Å². The maximum atomic E-state index is 12.9. The first-order valence-corrected chi connectivity index (χ1v) is 8.05. The summed E-state index contributed by atoms with van der Waals surface area (Å²) in [5.41, 5.74) is 0.998. The van der Waals surface area contributed by atoms with Crippen molar-refractivity contribution in [2.24, 2.45) is 5.92 Å². The molecule has 0 radical (unpaired) electrons. The fourth-order valence-electron chi connectivity index (χ4n) is 2.55. The summed E-state index contributed by atoms with van der Waals surface area (Å²) in [7, 11) is 0. The zero-order valence-electron chi connectivity index (χ0n) is 12.6. The van der Waals surface area contributed by atoms with Crippen molar-refractivity contribution in [2.75, 3.05) is 5.75 Å². The molecule has 1 saturated heterocycles. The first-order valence-electron chi connectivity index (χ1n) is 7.00. The molecular formula is C14H20N2O4S. The molecule has 1 aromatic rings. The highest BCUT2D eigenvalue weighted by Crippen LogP contribution is 2.36. The molecule has 21 heavy (non-hydrogen) atoms. The van der Waals surface area contributed by atoms with E-state index in [-0.39, 0.29) is 17.2 Å². The van der Waals surface area contributed by atoms with Gasteiger partial charge in [-0.25, -0.2) is 4.79 Å². The smallest absolute Gasteiger partial charge is 0.327 e. The molecule has 0 aromatic carbocycles. The Morgan fingerprint density at radius 1 is 1.52 bits per heavy atom. The summed E-state index contributed by atoms with van der Waals surface area (Å²) in [4.78, 5) is 25.8. The molecule has 0 spiro atoms. The largest absolute Gasteiger partial charge is 0.480 e. The van der Waals surface area contributed by atoms with Crippen LogP contribution in [0, 0.1) is 12.8 Å². The van der Waals surface area contributed by atoms with Crippen LogP contribution < -0.4 is 0 Å². The first-order chi connectivity index (χ1) is 9.88. The number of thioether (sulfide) groups is 1. The number of carbonyl (C=O) groups is 2. The number of aryl methyl sites for hydroxylation is 2. The zero-order chi connectivity index (χ0) is 15.7. The molecule has 0 aliphatic carbocycles. The summed E-state index contributed by atoms with van der Waals surface area (Å²) < 4.78 is 5.11. The molecule has 7 heteroatoms. The number of rotatable bonds is 4. The Hall–Kier alpha value is -1.50. The number of carbonyl (C=O) groups excluding carboxylic acids is 1. The van der Waals surface area contributed by atoms with Crippen LogP contribution in [-0.4, -0.2) is 44.2 Å². The van der Waals surface area contributed by atoms with Crippen molar-refractivity contribution in [3.8, 4) is 0 Å². The number of nitrogens with zero attached hydrogens (tertiary/aromatic N) is 2. The molecule has 0 saturated carbocycles. The highest BCUT2D eigenvalue weighted by atomic mass is 32.2. The number of carboxylic acids is 1. The van der Waals surface area contributed by atoms with Crippen LogP contribution in [0.15, 0.2) is 4.52 Å². The lowest BCUT2D eigenvalue weighted by molar-refractivity contribution is -0.141. The van der Waals surface area contributed by atoms with E-state index in [1.165, 1.54) is 16.7 Å². The van der Waals surface area contributed by atoms with E-state index in [0.29, 0.717) is 29.2 Å². The van der Waals surface area contributed by atoms with Crippen LogP contribution in [0.5, 0.6) is 0 Å². The molecule has 1 aliphatic heterocycles.